The highest BCUT2D eigenvalue weighted by Crippen LogP contribution is 2.19. The SMILES string of the molecule is CCCCCC(Cc1ccc(CC)s1)NN. The Hall–Kier alpha value is -0.380. The third-order valence-corrected chi connectivity index (χ3v) is 4.16. The summed E-state index contributed by atoms with van der Waals surface area (Å²) in [5.74, 6) is 5.60. The number of hydrogen-bond acceptors (Lipinski definition) is 3. The highest BCUT2D eigenvalue weighted by atomic mass is 32.1. The molecule has 92 valence electrons. The second-order valence-corrected chi connectivity index (χ2v) is 5.54. The van der Waals surface area contributed by atoms with Crippen LogP contribution in [0, 0.1) is 0 Å². The second-order valence-electron chi connectivity index (χ2n) is 4.29. The second kappa shape index (κ2) is 7.82. The van der Waals surface area contributed by atoms with E-state index in [-0.39, 0.29) is 0 Å². The van der Waals surface area contributed by atoms with Crippen molar-refractivity contribution in [1.82, 2.24) is 5.43 Å². The van der Waals surface area contributed by atoms with E-state index < -0.39 is 0 Å². The Morgan fingerprint density at radius 2 is 2.00 bits per heavy atom. The molecule has 1 aromatic heterocycles. The first-order valence-corrected chi connectivity index (χ1v) is 7.15. The highest BCUT2D eigenvalue weighted by Gasteiger charge is 2.08. The zero-order chi connectivity index (χ0) is 11.8. The van der Waals surface area contributed by atoms with Crippen molar-refractivity contribution >= 4 is 11.3 Å². The van der Waals surface area contributed by atoms with E-state index in [9.17, 15) is 0 Å². The van der Waals surface area contributed by atoms with E-state index in [0.717, 1.165) is 12.8 Å². The van der Waals surface area contributed by atoms with Gasteiger partial charge in [-0.25, -0.2) is 0 Å². The summed E-state index contributed by atoms with van der Waals surface area (Å²) >= 11 is 1.92. The summed E-state index contributed by atoms with van der Waals surface area (Å²) in [7, 11) is 0. The van der Waals surface area contributed by atoms with Crippen LogP contribution in [0.2, 0.25) is 0 Å². The van der Waals surface area contributed by atoms with Crippen LogP contribution in [0.4, 0.5) is 0 Å². The van der Waals surface area contributed by atoms with Crippen LogP contribution in [0.25, 0.3) is 0 Å². The van der Waals surface area contributed by atoms with Crippen LogP contribution in [0.3, 0.4) is 0 Å². The van der Waals surface area contributed by atoms with Gasteiger partial charge in [0.15, 0.2) is 0 Å². The Morgan fingerprint density at radius 1 is 1.25 bits per heavy atom. The maximum Gasteiger partial charge on any atom is 0.0258 e. The van der Waals surface area contributed by atoms with Crippen LogP contribution in [0.15, 0.2) is 12.1 Å². The van der Waals surface area contributed by atoms with E-state index in [1.165, 1.54) is 35.4 Å². The molecular weight excluding hydrogens is 216 g/mol. The molecule has 2 nitrogen and oxygen atoms in total. The lowest BCUT2D eigenvalue weighted by Crippen LogP contribution is -2.36. The summed E-state index contributed by atoms with van der Waals surface area (Å²) < 4.78 is 0. The number of unbranched alkanes of at least 4 members (excludes halogenated alkanes) is 2. The maximum atomic E-state index is 5.60. The van der Waals surface area contributed by atoms with Gasteiger partial charge in [0.2, 0.25) is 0 Å². The Morgan fingerprint density at radius 3 is 2.56 bits per heavy atom. The number of rotatable bonds is 8. The summed E-state index contributed by atoms with van der Waals surface area (Å²) in [6, 6.07) is 4.92. The minimum Gasteiger partial charge on any atom is -0.271 e. The van der Waals surface area contributed by atoms with Gasteiger partial charge < -0.3 is 0 Å². The summed E-state index contributed by atoms with van der Waals surface area (Å²) in [5.41, 5.74) is 2.94. The van der Waals surface area contributed by atoms with Crippen molar-refractivity contribution in [3.05, 3.63) is 21.9 Å². The Bertz CT molecular complexity index is 283. The standard InChI is InChI=1S/C13H24N2S/c1-3-5-6-7-11(15-14)10-13-9-8-12(4-2)16-13/h8-9,11,15H,3-7,10,14H2,1-2H3. The van der Waals surface area contributed by atoms with Gasteiger partial charge in [-0.2, -0.15) is 0 Å². The molecule has 16 heavy (non-hydrogen) atoms. The van der Waals surface area contributed by atoms with E-state index >= 15 is 0 Å². The molecule has 0 aliphatic heterocycles. The molecule has 0 bridgehead atoms. The molecule has 1 unspecified atom stereocenters. The zero-order valence-corrected chi connectivity index (χ0v) is 11.3. The summed E-state index contributed by atoms with van der Waals surface area (Å²) in [4.78, 5) is 2.93. The first-order chi connectivity index (χ1) is 7.80. The number of thiophene rings is 1. The molecule has 0 amide bonds. The largest absolute Gasteiger partial charge is 0.271 e. The summed E-state index contributed by atoms with van der Waals surface area (Å²) in [6.07, 6.45) is 7.26. The van der Waals surface area contributed by atoms with Crippen LogP contribution in [0.1, 0.15) is 49.3 Å². The lowest BCUT2D eigenvalue weighted by Gasteiger charge is -2.14. The van der Waals surface area contributed by atoms with Gasteiger partial charge in [0, 0.05) is 15.8 Å². The quantitative estimate of drug-likeness (QED) is 0.416. The fourth-order valence-corrected chi connectivity index (χ4v) is 2.89. The highest BCUT2D eigenvalue weighted by molar-refractivity contribution is 7.11. The van der Waals surface area contributed by atoms with Gasteiger partial charge in [0.25, 0.3) is 0 Å². The Labute approximate surface area is 103 Å². The van der Waals surface area contributed by atoms with Gasteiger partial charge >= 0.3 is 0 Å². The molecule has 1 heterocycles. The fraction of sp³-hybridized carbons (Fsp3) is 0.692. The van der Waals surface area contributed by atoms with Crippen LogP contribution in [-0.2, 0) is 12.8 Å². The number of hydrazine groups is 1. The van der Waals surface area contributed by atoms with Crippen LogP contribution in [0.5, 0.6) is 0 Å². The third kappa shape index (κ3) is 4.64. The van der Waals surface area contributed by atoms with Crippen molar-refractivity contribution in [2.75, 3.05) is 0 Å². The van der Waals surface area contributed by atoms with E-state index in [1.807, 2.05) is 11.3 Å². The number of nitrogens with two attached hydrogens (primary N) is 1. The lowest BCUT2D eigenvalue weighted by molar-refractivity contribution is 0.469. The van der Waals surface area contributed by atoms with Gasteiger partial charge in [0.05, 0.1) is 0 Å². The summed E-state index contributed by atoms with van der Waals surface area (Å²) in [6.45, 7) is 4.44. The van der Waals surface area contributed by atoms with Crippen molar-refractivity contribution in [2.45, 2.75) is 58.4 Å². The Kier molecular flexibility index (Phi) is 6.69. The average Bonchev–Trinajstić information content (AvgIpc) is 2.75. The van der Waals surface area contributed by atoms with Crippen molar-refractivity contribution in [1.29, 1.82) is 0 Å². The smallest absolute Gasteiger partial charge is 0.0258 e. The minimum atomic E-state index is 0.440. The van der Waals surface area contributed by atoms with Gasteiger partial charge in [-0.1, -0.05) is 33.1 Å². The first-order valence-electron chi connectivity index (χ1n) is 6.33. The third-order valence-electron chi connectivity index (χ3n) is 2.91. The molecule has 0 saturated heterocycles. The molecule has 0 spiro atoms. The molecule has 0 aliphatic rings. The molecule has 0 saturated carbocycles. The van der Waals surface area contributed by atoms with E-state index in [4.69, 9.17) is 5.84 Å². The summed E-state index contributed by atoms with van der Waals surface area (Å²) in [5, 5.41) is 0. The number of hydrogen-bond donors (Lipinski definition) is 2. The van der Waals surface area contributed by atoms with Gasteiger partial charge in [0.1, 0.15) is 0 Å². The lowest BCUT2D eigenvalue weighted by atomic mass is 10.1. The monoisotopic (exact) mass is 240 g/mol. The van der Waals surface area contributed by atoms with Crippen LogP contribution < -0.4 is 11.3 Å². The van der Waals surface area contributed by atoms with Crippen LogP contribution in [-0.4, -0.2) is 6.04 Å². The molecule has 1 atom stereocenters. The maximum absolute atomic E-state index is 5.60. The van der Waals surface area contributed by atoms with Gasteiger partial charge in [-0.15, -0.1) is 11.3 Å². The van der Waals surface area contributed by atoms with Gasteiger partial charge in [-0.05, 0) is 31.4 Å². The molecule has 0 radical (unpaired) electrons. The molecule has 0 aliphatic carbocycles. The number of aryl methyl sites for hydroxylation is 1. The number of nitrogens with one attached hydrogen (secondary N) is 1. The molecule has 0 fully saturated rings. The molecule has 3 N–H and O–H groups in total. The van der Waals surface area contributed by atoms with Crippen molar-refractivity contribution < 1.29 is 0 Å². The van der Waals surface area contributed by atoms with Crippen molar-refractivity contribution in [3.63, 3.8) is 0 Å². The first kappa shape index (κ1) is 13.7. The normalized spacial score (nSPS) is 12.9. The van der Waals surface area contributed by atoms with Crippen LogP contribution >= 0.6 is 11.3 Å². The van der Waals surface area contributed by atoms with Crippen molar-refractivity contribution in [3.8, 4) is 0 Å². The topological polar surface area (TPSA) is 38.0 Å². The molecule has 1 aromatic rings. The fourth-order valence-electron chi connectivity index (χ4n) is 1.85. The average molecular weight is 240 g/mol. The molecule has 0 aromatic carbocycles. The molecular formula is C13H24N2S. The van der Waals surface area contributed by atoms with E-state index in [0.29, 0.717) is 6.04 Å². The van der Waals surface area contributed by atoms with Crippen molar-refractivity contribution in [2.24, 2.45) is 5.84 Å². The molecule has 1 rings (SSSR count). The minimum absolute atomic E-state index is 0.440. The van der Waals surface area contributed by atoms with Gasteiger partial charge in [-0.3, -0.25) is 11.3 Å². The van der Waals surface area contributed by atoms with E-state index in [1.54, 1.807) is 0 Å². The Balaban J connectivity index is 2.36. The zero-order valence-electron chi connectivity index (χ0n) is 10.5. The predicted octanol–water partition coefficient (Wildman–Crippen LogP) is 3.27. The molecule has 3 heteroatoms. The van der Waals surface area contributed by atoms with E-state index in [2.05, 4.69) is 31.4 Å². The predicted molar refractivity (Wildman–Crippen MR) is 72.7 cm³/mol.